The number of carbonyl (C=O) groups excluding carboxylic acids is 1. The monoisotopic (exact) mass is 183 g/mol. The number of ether oxygens (including phenoxy) is 1. The Labute approximate surface area is 79.0 Å². The molecule has 0 N–H and O–H groups in total. The van der Waals surface area contributed by atoms with Crippen LogP contribution in [0.1, 0.15) is 20.3 Å². The van der Waals surface area contributed by atoms with E-state index >= 15 is 0 Å². The Morgan fingerprint density at radius 1 is 1.54 bits per heavy atom. The molecule has 3 nitrogen and oxygen atoms in total. The average molecular weight is 183 g/mol. The Hall–Kier alpha value is -0.410. The maximum absolute atomic E-state index is 11.4. The summed E-state index contributed by atoms with van der Waals surface area (Å²) in [7, 11) is 0. The summed E-state index contributed by atoms with van der Waals surface area (Å²) in [5.74, 6) is 0.635. The number of hydrogen-bond acceptors (Lipinski definition) is 3. The first kappa shape index (κ1) is 9.16. The summed E-state index contributed by atoms with van der Waals surface area (Å²) in [6.07, 6.45) is 1.16. The van der Waals surface area contributed by atoms with Crippen LogP contribution in [0, 0.1) is 5.92 Å². The van der Waals surface area contributed by atoms with Crippen molar-refractivity contribution >= 4 is 5.78 Å². The summed E-state index contributed by atoms with van der Waals surface area (Å²) in [5.41, 5.74) is 0. The van der Waals surface area contributed by atoms with Crippen LogP contribution in [-0.4, -0.2) is 42.5 Å². The molecule has 74 valence electrons. The summed E-state index contributed by atoms with van der Waals surface area (Å²) < 4.78 is 5.20. The number of Topliss-reactive ketones (excluding diaryl/α,β-unsaturated/α-hetero) is 1. The van der Waals surface area contributed by atoms with Crippen molar-refractivity contribution in [2.75, 3.05) is 19.7 Å². The maximum Gasteiger partial charge on any atom is 0.138 e. The molecule has 0 radical (unpaired) electrons. The molecule has 2 heterocycles. The fourth-order valence-electron chi connectivity index (χ4n) is 1.94. The van der Waals surface area contributed by atoms with Crippen LogP contribution in [0.5, 0.6) is 0 Å². The number of likely N-dealkylation sites (tertiary alicyclic amines) is 1. The van der Waals surface area contributed by atoms with E-state index in [0.717, 1.165) is 19.7 Å². The lowest BCUT2D eigenvalue weighted by molar-refractivity contribution is -0.127. The van der Waals surface area contributed by atoms with Gasteiger partial charge in [0.25, 0.3) is 0 Å². The summed E-state index contributed by atoms with van der Waals surface area (Å²) in [6.45, 7) is 6.99. The third kappa shape index (κ3) is 2.09. The summed E-state index contributed by atoms with van der Waals surface area (Å²) in [6, 6.07) is 0.410. The highest BCUT2D eigenvalue weighted by atomic mass is 16.6. The van der Waals surface area contributed by atoms with Crippen molar-refractivity contribution in [2.24, 2.45) is 5.92 Å². The molecule has 2 aliphatic heterocycles. The molecule has 13 heavy (non-hydrogen) atoms. The molecule has 0 aromatic heterocycles. The van der Waals surface area contributed by atoms with Crippen LogP contribution in [0.4, 0.5) is 0 Å². The first-order valence-corrected chi connectivity index (χ1v) is 5.05. The van der Waals surface area contributed by atoms with Gasteiger partial charge < -0.3 is 4.74 Å². The minimum absolute atomic E-state index is 0.218. The second kappa shape index (κ2) is 3.39. The number of ketones is 1. The molecule has 2 aliphatic rings. The van der Waals surface area contributed by atoms with Crippen LogP contribution >= 0.6 is 0 Å². The van der Waals surface area contributed by atoms with Crippen molar-refractivity contribution in [2.45, 2.75) is 32.4 Å². The van der Waals surface area contributed by atoms with Crippen molar-refractivity contribution in [3.8, 4) is 0 Å². The van der Waals surface area contributed by atoms with Gasteiger partial charge in [-0.15, -0.1) is 0 Å². The zero-order valence-corrected chi connectivity index (χ0v) is 8.32. The number of hydrogen-bond donors (Lipinski definition) is 0. The van der Waals surface area contributed by atoms with Gasteiger partial charge in [-0.1, -0.05) is 6.92 Å². The molecule has 2 fully saturated rings. The van der Waals surface area contributed by atoms with Crippen molar-refractivity contribution in [1.29, 1.82) is 0 Å². The van der Waals surface area contributed by atoms with Gasteiger partial charge in [-0.2, -0.15) is 0 Å². The highest BCUT2D eigenvalue weighted by Crippen LogP contribution is 2.21. The molecular weight excluding hydrogens is 166 g/mol. The molecule has 3 atom stereocenters. The molecule has 0 amide bonds. The molecule has 0 saturated carbocycles. The molecule has 3 unspecified atom stereocenters. The van der Waals surface area contributed by atoms with Gasteiger partial charge in [-0.25, -0.2) is 0 Å². The van der Waals surface area contributed by atoms with E-state index in [1.165, 1.54) is 0 Å². The number of nitrogens with zero attached hydrogens (tertiary/aromatic N) is 1. The van der Waals surface area contributed by atoms with Crippen LogP contribution < -0.4 is 0 Å². The Bertz CT molecular complexity index is 213. The van der Waals surface area contributed by atoms with Crippen LogP contribution in [-0.2, 0) is 9.53 Å². The lowest BCUT2D eigenvalue weighted by Gasteiger charge is -2.35. The van der Waals surface area contributed by atoms with Crippen molar-refractivity contribution in [3.05, 3.63) is 0 Å². The number of epoxide rings is 1. The molecule has 0 spiro atoms. The highest BCUT2D eigenvalue weighted by Gasteiger charge is 2.33. The second-order valence-electron chi connectivity index (χ2n) is 4.33. The standard InChI is InChI=1S/C10H17NO2/c1-7-4-11(5-9-6-13-9)8(2)3-10(7)12/h7-9H,3-6H2,1-2H3. The number of piperidine rings is 1. The van der Waals surface area contributed by atoms with Crippen LogP contribution in [0.2, 0.25) is 0 Å². The molecule has 0 aromatic carbocycles. The van der Waals surface area contributed by atoms with Crippen LogP contribution in [0.15, 0.2) is 0 Å². The number of rotatable bonds is 2. The lowest BCUT2D eigenvalue weighted by Crippen LogP contribution is -2.46. The van der Waals surface area contributed by atoms with Crippen LogP contribution in [0.3, 0.4) is 0 Å². The average Bonchev–Trinajstić information content (AvgIpc) is 2.84. The van der Waals surface area contributed by atoms with E-state index in [1.54, 1.807) is 0 Å². The van der Waals surface area contributed by atoms with Gasteiger partial charge in [0, 0.05) is 31.5 Å². The van der Waals surface area contributed by atoms with Gasteiger partial charge >= 0.3 is 0 Å². The Morgan fingerprint density at radius 3 is 2.85 bits per heavy atom. The van der Waals surface area contributed by atoms with E-state index in [-0.39, 0.29) is 5.92 Å². The van der Waals surface area contributed by atoms with Crippen molar-refractivity contribution in [3.63, 3.8) is 0 Å². The smallest absolute Gasteiger partial charge is 0.138 e. The van der Waals surface area contributed by atoms with E-state index in [9.17, 15) is 4.79 Å². The Morgan fingerprint density at radius 2 is 2.23 bits per heavy atom. The van der Waals surface area contributed by atoms with Gasteiger partial charge in [0.05, 0.1) is 12.7 Å². The first-order chi connectivity index (χ1) is 6.16. The van der Waals surface area contributed by atoms with Gasteiger partial charge in [-0.05, 0) is 6.92 Å². The number of carbonyl (C=O) groups is 1. The molecule has 2 rings (SSSR count). The van der Waals surface area contributed by atoms with E-state index < -0.39 is 0 Å². The minimum atomic E-state index is 0.218. The molecule has 0 aliphatic carbocycles. The Balaban J connectivity index is 1.90. The zero-order valence-electron chi connectivity index (χ0n) is 8.32. The molecular formula is C10H17NO2. The van der Waals surface area contributed by atoms with Gasteiger partial charge in [-0.3, -0.25) is 9.69 Å². The third-order valence-corrected chi connectivity index (χ3v) is 3.02. The fraction of sp³-hybridized carbons (Fsp3) is 0.900. The molecule has 2 saturated heterocycles. The van der Waals surface area contributed by atoms with E-state index in [4.69, 9.17) is 4.74 Å². The van der Waals surface area contributed by atoms with Gasteiger partial charge in [0.1, 0.15) is 5.78 Å². The predicted molar refractivity (Wildman–Crippen MR) is 49.6 cm³/mol. The van der Waals surface area contributed by atoms with Crippen LogP contribution in [0.25, 0.3) is 0 Å². The topological polar surface area (TPSA) is 32.8 Å². The molecule has 0 bridgehead atoms. The normalized spacial score (nSPS) is 40.8. The zero-order chi connectivity index (χ0) is 9.42. The van der Waals surface area contributed by atoms with E-state index in [1.807, 2.05) is 6.92 Å². The SMILES string of the molecule is CC1CN(CC2CO2)C(C)CC1=O. The third-order valence-electron chi connectivity index (χ3n) is 3.02. The van der Waals surface area contributed by atoms with E-state index in [2.05, 4.69) is 11.8 Å². The lowest BCUT2D eigenvalue weighted by atomic mass is 9.93. The second-order valence-corrected chi connectivity index (χ2v) is 4.33. The summed E-state index contributed by atoms with van der Waals surface area (Å²) >= 11 is 0. The minimum Gasteiger partial charge on any atom is -0.372 e. The molecule has 0 aromatic rings. The summed E-state index contributed by atoms with van der Waals surface area (Å²) in [5, 5.41) is 0. The maximum atomic E-state index is 11.4. The van der Waals surface area contributed by atoms with Gasteiger partial charge in [0.2, 0.25) is 0 Å². The quantitative estimate of drug-likeness (QED) is 0.590. The van der Waals surface area contributed by atoms with Crippen molar-refractivity contribution in [1.82, 2.24) is 4.90 Å². The Kier molecular flexibility index (Phi) is 2.39. The largest absolute Gasteiger partial charge is 0.372 e. The predicted octanol–water partition coefficient (Wildman–Crippen LogP) is 0.685. The molecule has 3 heteroatoms. The summed E-state index contributed by atoms with van der Waals surface area (Å²) in [4.78, 5) is 13.8. The highest BCUT2D eigenvalue weighted by molar-refractivity contribution is 5.82. The van der Waals surface area contributed by atoms with Gasteiger partial charge in [0.15, 0.2) is 0 Å². The van der Waals surface area contributed by atoms with Crippen molar-refractivity contribution < 1.29 is 9.53 Å². The fourth-order valence-corrected chi connectivity index (χ4v) is 1.94. The van der Waals surface area contributed by atoms with E-state index in [0.29, 0.717) is 24.3 Å². The first-order valence-electron chi connectivity index (χ1n) is 5.05.